The number of rotatable bonds is 3. The van der Waals surface area contributed by atoms with Crippen LogP contribution >= 0.6 is 11.8 Å². The molecule has 0 saturated heterocycles. The van der Waals surface area contributed by atoms with Crippen LogP contribution in [0.1, 0.15) is 11.1 Å². The fourth-order valence-electron chi connectivity index (χ4n) is 2.46. The highest BCUT2D eigenvalue weighted by molar-refractivity contribution is 7.99. The number of tetrazole rings is 1. The van der Waals surface area contributed by atoms with Crippen molar-refractivity contribution in [1.82, 2.24) is 35.2 Å². The quantitative estimate of drug-likeness (QED) is 0.569. The maximum Gasteiger partial charge on any atom is 0.220 e. The van der Waals surface area contributed by atoms with Crippen molar-refractivity contribution in [2.45, 2.75) is 24.0 Å². The van der Waals surface area contributed by atoms with E-state index >= 15 is 0 Å². The summed E-state index contributed by atoms with van der Waals surface area (Å²) in [6, 6.07) is 9.99. The summed E-state index contributed by atoms with van der Waals surface area (Å²) in [7, 11) is 0. The van der Waals surface area contributed by atoms with E-state index < -0.39 is 0 Å². The van der Waals surface area contributed by atoms with Gasteiger partial charge in [0.2, 0.25) is 5.16 Å². The second kappa shape index (κ2) is 5.97. The molecule has 118 valence electrons. The molecule has 3 aromatic heterocycles. The molecule has 24 heavy (non-hydrogen) atoms. The van der Waals surface area contributed by atoms with Crippen molar-refractivity contribution in [3.8, 4) is 5.69 Å². The summed E-state index contributed by atoms with van der Waals surface area (Å²) in [5.41, 5.74) is 4.62. The van der Waals surface area contributed by atoms with Crippen molar-refractivity contribution in [2.75, 3.05) is 0 Å². The van der Waals surface area contributed by atoms with E-state index in [0.29, 0.717) is 10.8 Å². The van der Waals surface area contributed by atoms with Gasteiger partial charge in [0.25, 0.3) is 0 Å². The fourth-order valence-corrected chi connectivity index (χ4v) is 3.23. The molecule has 0 spiro atoms. The highest BCUT2D eigenvalue weighted by atomic mass is 32.2. The molecule has 0 aliphatic rings. The molecule has 3 heterocycles. The fraction of sp³-hybridized carbons (Fsp3) is 0.125. The molecule has 0 bridgehead atoms. The number of hydrogen-bond donors (Lipinski definition) is 0. The Labute approximate surface area is 142 Å². The summed E-state index contributed by atoms with van der Waals surface area (Å²) in [5.74, 6) is 0. The minimum absolute atomic E-state index is 0.605. The lowest BCUT2D eigenvalue weighted by atomic mass is 10.1. The van der Waals surface area contributed by atoms with Gasteiger partial charge in [-0.15, -0.1) is 5.10 Å². The first-order valence-corrected chi connectivity index (χ1v) is 8.13. The van der Waals surface area contributed by atoms with Crippen molar-refractivity contribution in [2.24, 2.45) is 0 Å². The Morgan fingerprint density at radius 2 is 1.75 bits per heavy atom. The zero-order chi connectivity index (χ0) is 16.5. The molecule has 7 nitrogen and oxygen atoms in total. The standard InChI is InChI=1S/C16H13N7S/c1-10-7-11(2)9-12(8-10)23-16(20-21-22-23)24-14-4-3-13-15(19-14)18-6-5-17-13/h3-9H,1-2H3. The SMILES string of the molecule is Cc1cc(C)cc(-n2nnnc2Sc2ccc3nccnc3n2)c1. The van der Waals surface area contributed by atoms with E-state index in [4.69, 9.17) is 0 Å². The van der Waals surface area contributed by atoms with Gasteiger partial charge in [0.15, 0.2) is 5.65 Å². The molecule has 0 N–H and O–H groups in total. The molecule has 4 rings (SSSR count). The third-order valence-electron chi connectivity index (χ3n) is 3.39. The van der Waals surface area contributed by atoms with Crippen LogP contribution in [0.15, 0.2) is 52.9 Å². The Bertz CT molecular complexity index is 1010. The topological polar surface area (TPSA) is 82.3 Å². The summed E-state index contributed by atoms with van der Waals surface area (Å²) in [6.45, 7) is 4.11. The molecule has 8 heteroatoms. The first kappa shape index (κ1) is 14.7. The van der Waals surface area contributed by atoms with Crippen molar-refractivity contribution >= 4 is 22.9 Å². The average Bonchev–Trinajstić information content (AvgIpc) is 3.02. The van der Waals surface area contributed by atoms with E-state index in [1.54, 1.807) is 17.1 Å². The van der Waals surface area contributed by atoms with Gasteiger partial charge < -0.3 is 0 Å². The van der Waals surface area contributed by atoms with E-state index in [2.05, 4.69) is 50.4 Å². The smallest absolute Gasteiger partial charge is 0.220 e. The second-order valence-corrected chi connectivity index (χ2v) is 6.36. The second-order valence-electron chi connectivity index (χ2n) is 5.37. The number of aromatic nitrogens is 7. The Hall–Kier alpha value is -2.87. The minimum Gasteiger partial charge on any atom is -0.251 e. The molecular formula is C16H13N7S. The molecule has 0 radical (unpaired) electrons. The van der Waals surface area contributed by atoms with Gasteiger partial charge in [-0.05, 0) is 71.4 Å². The number of hydrogen-bond acceptors (Lipinski definition) is 7. The molecule has 0 aliphatic heterocycles. The van der Waals surface area contributed by atoms with Crippen molar-refractivity contribution in [3.63, 3.8) is 0 Å². The van der Waals surface area contributed by atoms with Gasteiger partial charge in [0, 0.05) is 12.4 Å². The van der Waals surface area contributed by atoms with Crippen LogP contribution in [-0.4, -0.2) is 35.2 Å². The normalized spacial score (nSPS) is 11.1. The first-order valence-electron chi connectivity index (χ1n) is 7.32. The Morgan fingerprint density at radius 1 is 0.958 bits per heavy atom. The lowest BCUT2D eigenvalue weighted by molar-refractivity contribution is 0.754. The molecule has 4 aromatic rings. The van der Waals surface area contributed by atoms with Gasteiger partial charge >= 0.3 is 0 Å². The molecule has 0 amide bonds. The van der Waals surface area contributed by atoms with Crippen LogP contribution < -0.4 is 0 Å². The number of fused-ring (bicyclic) bond motifs is 1. The maximum atomic E-state index is 4.50. The van der Waals surface area contributed by atoms with Crippen LogP contribution in [0.4, 0.5) is 0 Å². The van der Waals surface area contributed by atoms with E-state index in [9.17, 15) is 0 Å². The van der Waals surface area contributed by atoms with E-state index in [0.717, 1.165) is 27.4 Å². The van der Waals surface area contributed by atoms with E-state index in [-0.39, 0.29) is 0 Å². The van der Waals surface area contributed by atoms with Crippen molar-refractivity contribution in [1.29, 1.82) is 0 Å². The summed E-state index contributed by atoms with van der Waals surface area (Å²) >= 11 is 1.39. The molecular weight excluding hydrogens is 322 g/mol. The molecule has 0 aliphatic carbocycles. The number of aryl methyl sites for hydroxylation is 2. The molecule has 0 fully saturated rings. The summed E-state index contributed by atoms with van der Waals surface area (Å²) < 4.78 is 1.72. The first-order chi connectivity index (χ1) is 11.7. The van der Waals surface area contributed by atoms with Gasteiger partial charge in [0.05, 0.1) is 5.69 Å². The number of pyridine rings is 1. The zero-order valence-corrected chi connectivity index (χ0v) is 13.9. The summed E-state index contributed by atoms with van der Waals surface area (Å²) in [6.07, 6.45) is 3.28. The van der Waals surface area contributed by atoms with Gasteiger partial charge in [-0.2, -0.15) is 4.68 Å². The van der Waals surface area contributed by atoms with Crippen LogP contribution in [0.3, 0.4) is 0 Å². The van der Waals surface area contributed by atoms with Crippen molar-refractivity contribution < 1.29 is 0 Å². The Kier molecular flexibility index (Phi) is 3.66. The lowest BCUT2D eigenvalue weighted by Gasteiger charge is -2.06. The Morgan fingerprint density at radius 3 is 2.58 bits per heavy atom. The van der Waals surface area contributed by atoms with Crippen molar-refractivity contribution in [3.05, 3.63) is 53.9 Å². The van der Waals surface area contributed by atoms with Crippen LogP contribution in [0, 0.1) is 13.8 Å². The third kappa shape index (κ3) is 2.83. The highest BCUT2D eigenvalue weighted by Crippen LogP contribution is 2.26. The van der Waals surface area contributed by atoms with Crippen LogP contribution in [0.25, 0.3) is 16.9 Å². The predicted octanol–water partition coefficient (Wildman–Crippen LogP) is 2.77. The van der Waals surface area contributed by atoms with Gasteiger partial charge in [0.1, 0.15) is 10.5 Å². The average molecular weight is 335 g/mol. The molecule has 0 atom stereocenters. The minimum atomic E-state index is 0.605. The maximum absolute atomic E-state index is 4.50. The largest absolute Gasteiger partial charge is 0.251 e. The Balaban J connectivity index is 1.71. The highest BCUT2D eigenvalue weighted by Gasteiger charge is 2.12. The third-order valence-corrected chi connectivity index (χ3v) is 4.27. The number of benzene rings is 1. The monoisotopic (exact) mass is 335 g/mol. The molecule has 0 unspecified atom stereocenters. The summed E-state index contributed by atoms with van der Waals surface area (Å²) in [4.78, 5) is 13.0. The van der Waals surface area contributed by atoms with Crippen LogP contribution in [0.2, 0.25) is 0 Å². The van der Waals surface area contributed by atoms with E-state index in [1.165, 1.54) is 11.8 Å². The van der Waals surface area contributed by atoms with E-state index in [1.807, 2.05) is 24.3 Å². The van der Waals surface area contributed by atoms with Crippen LogP contribution in [-0.2, 0) is 0 Å². The molecule has 0 saturated carbocycles. The molecule has 1 aromatic carbocycles. The lowest BCUT2D eigenvalue weighted by Crippen LogP contribution is -2.00. The van der Waals surface area contributed by atoms with Gasteiger partial charge in [-0.1, -0.05) is 6.07 Å². The summed E-state index contributed by atoms with van der Waals surface area (Å²) in [5, 5.41) is 13.4. The van der Waals surface area contributed by atoms with Gasteiger partial charge in [-0.3, -0.25) is 4.98 Å². The van der Waals surface area contributed by atoms with Crippen LogP contribution in [0.5, 0.6) is 0 Å². The predicted molar refractivity (Wildman–Crippen MR) is 90.1 cm³/mol. The number of nitrogens with zero attached hydrogens (tertiary/aromatic N) is 7. The van der Waals surface area contributed by atoms with Gasteiger partial charge in [-0.25, -0.2) is 9.97 Å². The zero-order valence-electron chi connectivity index (χ0n) is 13.1.